The molecule has 1 fully saturated rings. The Morgan fingerprint density at radius 1 is 1.25 bits per heavy atom. The maximum absolute atomic E-state index is 13.4. The Morgan fingerprint density at radius 2 is 2.00 bits per heavy atom. The topological polar surface area (TPSA) is 128 Å². The lowest BCUT2D eigenvalue weighted by molar-refractivity contribution is -0.134. The first kappa shape index (κ1) is 21.5. The van der Waals surface area contributed by atoms with Crippen LogP contribution in [-0.2, 0) is 4.79 Å². The number of rotatable bonds is 5. The van der Waals surface area contributed by atoms with Crippen LogP contribution in [0.4, 0.5) is 15.9 Å². The minimum absolute atomic E-state index is 0.0115. The van der Waals surface area contributed by atoms with Crippen LogP contribution in [0.25, 0.3) is 5.65 Å². The average molecular weight is 441 g/mol. The van der Waals surface area contributed by atoms with Crippen LogP contribution in [0.5, 0.6) is 5.75 Å². The second-order valence-corrected chi connectivity index (χ2v) is 7.95. The van der Waals surface area contributed by atoms with E-state index in [-0.39, 0.29) is 35.0 Å². The first-order valence-electron chi connectivity index (χ1n) is 10.3. The van der Waals surface area contributed by atoms with E-state index in [2.05, 4.69) is 20.4 Å². The van der Waals surface area contributed by atoms with E-state index in [1.54, 1.807) is 31.3 Å². The van der Waals surface area contributed by atoms with Crippen LogP contribution in [-0.4, -0.2) is 56.5 Å². The predicted molar refractivity (Wildman–Crippen MR) is 115 cm³/mol. The van der Waals surface area contributed by atoms with Crippen molar-refractivity contribution in [2.45, 2.75) is 31.8 Å². The van der Waals surface area contributed by atoms with Gasteiger partial charge < -0.3 is 20.7 Å². The van der Waals surface area contributed by atoms with Gasteiger partial charge in [-0.25, -0.2) is 13.9 Å². The summed E-state index contributed by atoms with van der Waals surface area (Å²) in [6, 6.07) is 1.67. The van der Waals surface area contributed by atoms with Crippen LogP contribution in [0.3, 0.4) is 0 Å². The second kappa shape index (κ2) is 8.77. The highest BCUT2D eigenvalue weighted by molar-refractivity contribution is 6.11. The summed E-state index contributed by atoms with van der Waals surface area (Å²) >= 11 is 0. The number of carbonyl (C=O) groups is 2. The van der Waals surface area contributed by atoms with Gasteiger partial charge in [0, 0.05) is 32.3 Å². The van der Waals surface area contributed by atoms with Crippen LogP contribution >= 0.6 is 0 Å². The Kier molecular flexibility index (Phi) is 5.89. The lowest BCUT2D eigenvalue weighted by Crippen LogP contribution is -2.34. The molecule has 0 atom stereocenters. The number of nitrogens with zero attached hydrogens (tertiary/aromatic N) is 5. The van der Waals surface area contributed by atoms with Gasteiger partial charge in [-0.15, -0.1) is 5.10 Å². The number of nitrogen functional groups attached to an aromatic ring is 1. The summed E-state index contributed by atoms with van der Waals surface area (Å²) in [5, 5.41) is 6.68. The van der Waals surface area contributed by atoms with Crippen molar-refractivity contribution in [1.29, 1.82) is 0 Å². The van der Waals surface area contributed by atoms with E-state index in [0.717, 1.165) is 42.6 Å². The van der Waals surface area contributed by atoms with Crippen molar-refractivity contribution in [3.05, 3.63) is 42.2 Å². The molecule has 1 aliphatic rings. The van der Waals surface area contributed by atoms with Gasteiger partial charge in [0.1, 0.15) is 17.0 Å². The second-order valence-electron chi connectivity index (χ2n) is 7.95. The van der Waals surface area contributed by atoms with Crippen molar-refractivity contribution < 1.29 is 18.7 Å². The van der Waals surface area contributed by atoms with Crippen LogP contribution < -0.4 is 15.8 Å². The zero-order chi connectivity index (χ0) is 22.8. The summed E-state index contributed by atoms with van der Waals surface area (Å²) < 4.78 is 20.6. The van der Waals surface area contributed by atoms with Crippen molar-refractivity contribution in [1.82, 2.24) is 24.5 Å². The lowest BCUT2D eigenvalue weighted by atomic mass is 9.86. The molecule has 0 bridgehead atoms. The standard InChI is InChI=1S/C21H24FN7O3/c1-28(2)21(31)12-3-5-14(6-4-12)32-16-7-8-24-10-15(16)26-20(30)17-18(23)27-29-11-13(22)9-25-19(17)29/h7-12,14H,3-6H2,1-2H3,(H2,23,27)(H,26,30)/t12-,14-. The molecular formula is C21H24FN7O3. The minimum atomic E-state index is -0.600. The van der Waals surface area contributed by atoms with Crippen LogP contribution in [0.2, 0.25) is 0 Å². The van der Waals surface area contributed by atoms with E-state index in [1.807, 2.05) is 0 Å². The fourth-order valence-electron chi connectivity index (χ4n) is 3.88. The number of nitrogens with one attached hydrogen (secondary N) is 1. The van der Waals surface area contributed by atoms with Crippen molar-refractivity contribution in [3.8, 4) is 5.75 Å². The molecule has 2 amide bonds. The first-order valence-corrected chi connectivity index (χ1v) is 10.3. The summed E-state index contributed by atoms with van der Waals surface area (Å²) in [4.78, 5) is 34.7. The van der Waals surface area contributed by atoms with Gasteiger partial charge in [0.2, 0.25) is 5.91 Å². The summed E-state index contributed by atoms with van der Waals surface area (Å²) in [5.74, 6) is -0.621. The summed E-state index contributed by atoms with van der Waals surface area (Å²) in [6.07, 6.45) is 8.00. The molecule has 1 aliphatic carbocycles. The predicted octanol–water partition coefficient (Wildman–Crippen LogP) is 2.12. The number of aromatic nitrogens is 4. The smallest absolute Gasteiger partial charge is 0.263 e. The van der Waals surface area contributed by atoms with Gasteiger partial charge in [-0.3, -0.25) is 14.6 Å². The number of amides is 2. The third-order valence-corrected chi connectivity index (χ3v) is 5.48. The summed E-state index contributed by atoms with van der Waals surface area (Å²) in [6.45, 7) is 0. The number of pyridine rings is 1. The Bertz CT molecular complexity index is 1160. The largest absolute Gasteiger partial charge is 0.488 e. The zero-order valence-electron chi connectivity index (χ0n) is 17.8. The lowest BCUT2D eigenvalue weighted by Gasteiger charge is -2.30. The molecule has 11 heteroatoms. The van der Waals surface area contributed by atoms with E-state index in [0.29, 0.717) is 11.4 Å². The molecule has 1 saturated carbocycles. The van der Waals surface area contributed by atoms with Gasteiger partial charge in [-0.1, -0.05) is 0 Å². The zero-order valence-corrected chi connectivity index (χ0v) is 17.8. The van der Waals surface area contributed by atoms with Crippen molar-refractivity contribution >= 4 is 29.0 Å². The number of hydrogen-bond donors (Lipinski definition) is 2. The van der Waals surface area contributed by atoms with E-state index in [9.17, 15) is 14.0 Å². The van der Waals surface area contributed by atoms with Crippen molar-refractivity contribution in [2.75, 3.05) is 25.1 Å². The van der Waals surface area contributed by atoms with E-state index in [4.69, 9.17) is 10.5 Å². The number of halogens is 1. The number of fused-ring (bicyclic) bond motifs is 1. The third-order valence-electron chi connectivity index (χ3n) is 5.48. The van der Waals surface area contributed by atoms with Gasteiger partial charge in [-0.05, 0) is 25.7 Å². The Balaban J connectivity index is 1.47. The molecule has 0 unspecified atom stereocenters. The third kappa shape index (κ3) is 4.32. The quantitative estimate of drug-likeness (QED) is 0.621. The monoisotopic (exact) mass is 441 g/mol. The van der Waals surface area contributed by atoms with Gasteiger partial charge in [0.25, 0.3) is 5.91 Å². The number of nitrogens with two attached hydrogens (primary N) is 1. The van der Waals surface area contributed by atoms with E-state index >= 15 is 0 Å². The molecule has 32 heavy (non-hydrogen) atoms. The fraction of sp³-hybridized carbons (Fsp3) is 0.381. The van der Waals surface area contributed by atoms with Crippen molar-refractivity contribution in [3.63, 3.8) is 0 Å². The van der Waals surface area contributed by atoms with E-state index < -0.39 is 11.7 Å². The fourth-order valence-corrected chi connectivity index (χ4v) is 3.88. The molecule has 0 aromatic carbocycles. The van der Waals surface area contributed by atoms with E-state index in [1.165, 1.54) is 6.20 Å². The summed E-state index contributed by atoms with van der Waals surface area (Å²) in [5.41, 5.74) is 6.40. The molecule has 10 nitrogen and oxygen atoms in total. The van der Waals surface area contributed by atoms with Crippen LogP contribution in [0.15, 0.2) is 30.9 Å². The molecule has 3 N–H and O–H groups in total. The Hall–Kier alpha value is -3.76. The molecule has 0 spiro atoms. The molecule has 3 aromatic rings. The van der Waals surface area contributed by atoms with Gasteiger partial charge in [0.15, 0.2) is 17.3 Å². The molecule has 0 radical (unpaired) electrons. The number of hydrogen-bond acceptors (Lipinski definition) is 7. The Morgan fingerprint density at radius 3 is 2.72 bits per heavy atom. The molecular weight excluding hydrogens is 417 g/mol. The van der Waals surface area contributed by atoms with Crippen LogP contribution in [0.1, 0.15) is 36.0 Å². The minimum Gasteiger partial charge on any atom is -0.488 e. The molecule has 0 aliphatic heterocycles. The molecule has 3 aromatic heterocycles. The Labute approximate surface area is 183 Å². The summed E-state index contributed by atoms with van der Waals surface area (Å²) in [7, 11) is 3.53. The number of anilines is 2. The molecule has 168 valence electrons. The molecule has 3 heterocycles. The highest BCUT2D eigenvalue weighted by Gasteiger charge is 2.29. The van der Waals surface area contributed by atoms with Gasteiger partial charge in [0.05, 0.1) is 24.7 Å². The van der Waals surface area contributed by atoms with Gasteiger partial charge in [-0.2, -0.15) is 0 Å². The van der Waals surface area contributed by atoms with Crippen molar-refractivity contribution in [2.24, 2.45) is 5.92 Å². The highest BCUT2D eigenvalue weighted by Crippen LogP contribution is 2.32. The SMILES string of the molecule is CN(C)C(=O)[C@H]1CC[C@H](Oc2ccncc2NC(=O)c2c(N)nn3cc(F)cnc23)CC1. The molecule has 0 saturated heterocycles. The normalized spacial score (nSPS) is 18.3. The van der Waals surface area contributed by atoms with Gasteiger partial charge >= 0.3 is 0 Å². The average Bonchev–Trinajstić information content (AvgIpc) is 3.09. The van der Waals surface area contributed by atoms with Crippen LogP contribution in [0, 0.1) is 11.7 Å². The number of carbonyl (C=O) groups excluding carboxylic acids is 2. The maximum atomic E-state index is 13.4. The highest BCUT2D eigenvalue weighted by atomic mass is 19.1. The first-order chi connectivity index (χ1) is 15.3. The maximum Gasteiger partial charge on any atom is 0.263 e. The molecule has 4 rings (SSSR count). The number of ether oxygens (including phenoxy) is 1.